The van der Waals surface area contributed by atoms with Gasteiger partial charge >= 0.3 is 18.0 Å². The van der Waals surface area contributed by atoms with Crippen molar-refractivity contribution in [1.29, 1.82) is 0 Å². The fourth-order valence-electron chi connectivity index (χ4n) is 4.35. The first-order chi connectivity index (χ1) is 12.8. The second-order valence-corrected chi connectivity index (χ2v) is 7.11. The Morgan fingerprint density at radius 2 is 1.81 bits per heavy atom. The molecule has 4 rings (SSSR count). The number of nitrogens with two attached hydrogens (primary N) is 1. The van der Waals surface area contributed by atoms with Gasteiger partial charge in [0.1, 0.15) is 11.6 Å². The number of carboxylic acids is 2. The van der Waals surface area contributed by atoms with Gasteiger partial charge in [-0.25, -0.2) is 4.79 Å². The average molecular weight is 370 g/mol. The van der Waals surface area contributed by atoms with Crippen LogP contribution in [0.1, 0.15) is 6.42 Å². The molecule has 2 fully saturated rings. The number of nitrogens with one attached hydrogen (secondary N) is 1. The Morgan fingerprint density at radius 1 is 1.11 bits per heavy atom. The maximum absolute atomic E-state index is 12.4. The molecule has 8 heteroatoms. The second-order valence-electron chi connectivity index (χ2n) is 7.11. The minimum absolute atomic E-state index is 0.107. The van der Waals surface area contributed by atoms with Crippen molar-refractivity contribution in [2.24, 2.45) is 23.5 Å². The predicted octanol–water partition coefficient (Wildman–Crippen LogP) is 1.89. The molecule has 0 unspecified atom stereocenters. The lowest BCUT2D eigenvalue weighted by molar-refractivity contribution is -0.146. The van der Waals surface area contributed by atoms with Gasteiger partial charge in [0.15, 0.2) is 0 Å². The molecule has 8 nitrogen and oxygen atoms in total. The van der Waals surface area contributed by atoms with Gasteiger partial charge < -0.3 is 20.7 Å². The number of rotatable bonds is 4. The van der Waals surface area contributed by atoms with Crippen LogP contribution in [0.3, 0.4) is 0 Å². The Balaban J connectivity index is 1.51. The number of amides is 1. The van der Waals surface area contributed by atoms with E-state index in [1.54, 1.807) is 12.1 Å². The molecule has 0 bridgehead atoms. The highest BCUT2D eigenvalue weighted by molar-refractivity contribution is 6.00. The van der Waals surface area contributed by atoms with E-state index >= 15 is 0 Å². The van der Waals surface area contributed by atoms with Crippen molar-refractivity contribution in [2.45, 2.75) is 18.1 Å². The number of benzene rings is 2. The lowest BCUT2D eigenvalue weighted by Crippen LogP contribution is -2.51. The second kappa shape index (κ2) is 5.95. The normalized spacial score (nSPS) is 31.1. The molecule has 0 aliphatic heterocycles. The summed E-state index contributed by atoms with van der Waals surface area (Å²) in [6, 6.07) is 12.9. The minimum atomic E-state index is -1.70. The van der Waals surface area contributed by atoms with Crippen LogP contribution in [-0.4, -0.2) is 39.9 Å². The van der Waals surface area contributed by atoms with Crippen LogP contribution in [0.4, 0.5) is 10.5 Å². The molecule has 140 valence electrons. The minimum Gasteiger partial charge on any atom is -0.481 e. The van der Waals surface area contributed by atoms with Crippen LogP contribution in [0.15, 0.2) is 42.5 Å². The van der Waals surface area contributed by atoms with Crippen molar-refractivity contribution in [2.75, 3.05) is 5.32 Å². The van der Waals surface area contributed by atoms with Gasteiger partial charge in [-0.2, -0.15) is 0 Å². The average Bonchev–Trinajstić information content (AvgIpc) is 3.31. The van der Waals surface area contributed by atoms with Crippen LogP contribution in [-0.2, 0) is 14.3 Å². The Morgan fingerprint density at radius 3 is 2.52 bits per heavy atom. The summed E-state index contributed by atoms with van der Waals surface area (Å²) in [7, 11) is 0. The van der Waals surface area contributed by atoms with Gasteiger partial charge in [-0.3, -0.25) is 14.9 Å². The van der Waals surface area contributed by atoms with Gasteiger partial charge in [0.2, 0.25) is 0 Å². The van der Waals surface area contributed by atoms with E-state index < -0.39 is 47.4 Å². The van der Waals surface area contributed by atoms with Gasteiger partial charge in [0.25, 0.3) is 0 Å². The van der Waals surface area contributed by atoms with Crippen LogP contribution in [0.25, 0.3) is 10.8 Å². The third kappa shape index (κ3) is 2.69. The lowest BCUT2D eigenvalue weighted by atomic mass is 9.91. The summed E-state index contributed by atoms with van der Waals surface area (Å²) in [5.74, 6) is -4.62. The lowest BCUT2D eigenvalue weighted by Gasteiger charge is -2.24. The van der Waals surface area contributed by atoms with E-state index in [1.165, 1.54) is 0 Å². The first kappa shape index (κ1) is 17.3. The maximum atomic E-state index is 12.4. The summed E-state index contributed by atoms with van der Waals surface area (Å²) < 4.78 is 5.39. The third-order valence-corrected chi connectivity index (χ3v) is 5.61. The van der Waals surface area contributed by atoms with E-state index in [4.69, 9.17) is 10.5 Å². The number of aliphatic carboxylic acids is 2. The topological polar surface area (TPSA) is 139 Å². The molecule has 0 spiro atoms. The molecule has 0 aromatic heterocycles. The molecule has 2 saturated carbocycles. The number of hydrogen-bond acceptors (Lipinski definition) is 5. The van der Waals surface area contributed by atoms with E-state index in [0.29, 0.717) is 5.69 Å². The van der Waals surface area contributed by atoms with E-state index in [2.05, 4.69) is 5.32 Å². The van der Waals surface area contributed by atoms with Gasteiger partial charge in [-0.15, -0.1) is 0 Å². The van der Waals surface area contributed by atoms with Crippen molar-refractivity contribution < 1.29 is 29.3 Å². The monoisotopic (exact) mass is 370 g/mol. The van der Waals surface area contributed by atoms with Gasteiger partial charge in [0, 0.05) is 23.6 Å². The standard InChI is InChI=1S/C19H18N2O6/c20-19(17(24)25)8-12(13-14(15(13)19)16(22)23)27-18(26)21-11-7-3-5-9-4-1-2-6-10(9)11/h1-7,12-15H,8,20H2,(H,21,26)(H,22,23)(H,24,25)/t12-,13-,14-,15-,19-/m0/s1. The highest BCUT2D eigenvalue weighted by Crippen LogP contribution is 2.62. The SMILES string of the molecule is N[C@@]1(C(=O)O)C[C@H](OC(=O)Nc2cccc3ccccc23)[C@H]2[C@H](C(=O)O)[C@H]21. The van der Waals surface area contributed by atoms with Crippen LogP contribution in [0.5, 0.6) is 0 Å². The number of ether oxygens (including phenoxy) is 1. The first-order valence-electron chi connectivity index (χ1n) is 8.53. The summed E-state index contributed by atoms with van der Waals surface area (Å²) in [5, 5.41) is 23.1. The summed E-state index contributed by atoms with van der Waals surface area (Å²) >= 11 is 0. The number of carbonyl (C=O) groups excluding carboxylic acids is 1. The predicted molar refractivity (Wildman–Crippen MR) is 95.1 cm³/mol. The van der Waals surface area contributed by atoms with Crippen molar-refractivity contribution in [1.82, 2.24) is 0 Å². The van der Waals surface area contributed by atoms with E-state index in [0.717, 1.165) is 10.8 Å². The van der Waals surface area contributed by atoms with Gasteiger partial charge in [0.05, 0.1) is 11.6 Å². The molecule has 1 amide bonds. The fraction of sp³-hybridized carbons (Fsp3) is 0.316. The smallest absolute Gasteiger partial charge is 0.411 e. The highest BCUT2D eigenvalue weighted by atomic mass is 16.6. The van der Waals surface area contributed by atoms with Crippen LogP contribution in [0, 0.1) is 17.8 Å². The largest absolute Gasteiger partial charge is 0.481 e. The van der Waals surface area contributed by atoms with Gasteiger partial charge in [-0.1, -0.05) is 36.4 Å². The number of fused-ring (bicyclic) bond motifs is 2. The van der Waals surface area contributed by atoms with Gasteiger partial charge in [-0.05, 0) is 11.5 Å². The van der Waals surface area contributed by atoms with Crippen LogP contribution in [0.2, 0.25) is 0 Å². The van der Waals surface area contributed by atoms with Crippen molar-refractivity contribution in [3.05, 3.63) is 42.5 Å². The number of carboxylic acid groups (broad SMARTS) is 2. The molecule has 2 aromatic carbocycles. The van der Waals surface area contributed by atoms with Crippen LogP contribution >= 0.6 is 0 Å². The van der Waals surface area contributed by atoms with Crippen molar-refractivity contribution in [3.63, 3.8) is 0 Å². The molecular weight excluding hydrogens is 352 g/mol. The van der Waals surface area contributed by atoms with E-state index in [9.17, 15) is 24.6 Å². The molecule has 2 aromatic rings. The maximum Gasteiger partial charge on any atom is 0.411 e. The van der Waals surface area contributed by atoms with Crippen molar-refractivity contribution >= 4 is 34.5 Å². The molecule has 2 aliphatic rings. The zero-order valence-corrected chi connectivity index (χ0v) is 14.2. The third-order valence-electron chi connectivity index (χ3n) is 5.61. The Kier molecular flexibility index (Phi) is 3.81. The molecule has 5 atom stereocenters. The zero-order valence-electron chi connectivity index (χ0n) is 14.2. The fourth-order valence-corrected chi connectivity index (χ4v) is 4.35. The number of anilines is 1. The molecule has 5 N–H and O–H groups in total. The summed E-state index contributed by atoms with van der Waals surface area (Å²) in [4.78, 5) is 35.2. The van der Waals surface area contributed by atoms with E-state index in [-0.39, 0.29) is 6.42 Å². The number of hydrogen-bond donors (Lipinski definition) is 4. The zero-order chi connectivity index (χ0) is 19.3. The first-order valence-corrected chi connectivity index (χ1v) is 8.53. The molecule has 2 aliphatic carbocycles. The summed E-state index contributed by atoms with van der Waals surface area (Å²) in [6.07, 6.45) is -1.72. The molecular formula is C19H18N2O6. The Labute approximate surface area is 153 Å². The molecule has 0 radical (unpaired) electrons. The highest BCUT2D eigenvalue weighted by Gasteiger charge is 2.75. The van der Waals surface area contributed by atoms with Crippen LogP contribution < -0.4 is 11.1 Å². The summed E-state index contributed by atoms with van der Waals surface area (Å²) in [5.41, 5.74) is 4.79. The molecule has 0 heterocycles. The summed E-state index contributed by atoms with van der Waals surface area (Å²) in [6.45, 7) is 0. The van der Waals surface area contributed by atoms with Crippen molar-refractivity contribution in [3.8, 4) is 0 Å². The van der Waals surface area contributed by atoms with E-state index in [1.807, 2.05) is 30.3 Å². The number of carbonyl (C=O) groups is 3. The molecule has 27 heavy (non-hydrogen) atoms. The Hall–Kier alpha value is -3.13. The molecule has 0 saturated heterocycles. The Bertz CT molecular complexity index is 955. The quantitative estimate of drug-likeness (QED) is 0.644.